The van der Waals surface area contributed by atoms with Crippen molar-refractivity contribution < 1.29 is 4.74 Å². The van der Waals surface area contributed by atoms with Gasteiger partial charge < -0.3 is 16.2 Å². The minimum Gasteiger partial charge on any atom is -0.493 e. The zero-order valence-electron chi connectivity index (χ0n) is 8.85. The lowest BCUT2D eigenvalue weighted by atomic mass is 10.2. The Kier molecular flexibility index (Phi) is 3.31. The molecule has 4 N–H and O–H groups in total. The van der Waals surface area contributed by atoms with E-state index in [9.17, 15) is 0 Å². The molecule has 0 amide bonds. The summed E-state index contributed by atoms with van der Waals surface area (Å²) in [6.07, 6.45) is 0.919. The molecule has 16 heavy (non-hydrogen) atoms. The van der Waals surface area contributed by atoms with E-state index >= 15 is 0 Å². The van der Waals surface area contributed by atoms with Crippen molar-refractivity contribution in [2.45, 2.75) is 6.42 Å². The summed E-state index contributed by atoms with van der Waals surface area (Å²) in [6.45, 7) is 0.657. The third kappa shape index (κ3) is 2.67. The van der Waals surface area contributed by atoms with E-state index in [0.29, 0.717) is 18.0 Å². The molecular weight excluding hydrogens is 220 g/mol. The smallest absolute Gasteiger partial charge is 0.121 e. The van der Waals surface area contributed by atoms with Crippen LogP contribution in [0, 0.1) is 0 Å². The summed E-state index contributed by atoms with van der Waals surface area (Å²) in [6, 6.07) is 9.49. The van der Waals surface area contributed by atoms with Gasteiger partial charge in [0, 0.05) is 17.4 Å². The van der Waals surface area contributed by atoms with E-state index in [1.165, 1.54) is 4.88 Å². The molecule has 0 aliphatic rings. The predicted octanol–water partition coefficient (Wildman–Crippen LogP) is 2.53. The van der Waals surface area contributed by atoms with Crippen molar-refractivity contribution in [1.29, 1.82) is 0 Å². The summed E-state index contributed by atoms with van der Waals surface area (Å²) < 4.78 is 5.59. The molecule has 0 aliphatic carbocycles. The lowest BCUT2D eigenvalue weighted by Gasteiger charge is -2.07. The van der Waals surface area contributed by atoms with Crippen LogP contribution in [0.5, 0.6) is 5.75 Å². The van der Waals surface area contributed by atoms with Gasteiger partial charge in [-0.25, -0.2) is 0 Å². The Hall–Kier alpha value is -1.68. The molecule has 4 heteroatoms. The zero-order chi connectivity index (χ0) is 11.4. The Bertz CT molecular complexity index is 454. The summed E-state index contributed by atoms with van der Waals surface area (Å²) in [5, 5.41) is 2.07. The van der Waals surface area contributed by atoms with Gasteiger partial charge >= 0.3 is 0 Å². The molecule has 2 rings (SSSR count). The molecule has 0 saturated carbocycles. The Morgan fingerprint density at radius 1 is 1.12 bits per heavy atom. The molecule has 0 bridgehead atoms. The molecule has 0 fully saturated rings. The zero-order valence-corrected chi connectivity index (χ0v) is 9.67. The van der Waals surface area contributed by atoms with Gasteiger partial charge in [0.15, 0.2) is 0 Å². The van der Waals surface area contributed by atoms with Crippen LogP contribution in [0.1, 0.15) is 4.88 Å². The third-order valence-corrected chi connectivity index (χ3v) is 3.19. The fraction of sp³-hybridized carbons (Fsp3) is 0.167. The van der Waals surface area contributed by atoms with Crippen LogP contribution in [0.3, 0.4) is 0 Å². The number of hydrogen-bond donors (Lipinski definition) is 2. The molecular formula is C12H14N2OS. The molecule has 1 heterocycles. The van der Waals surface area contributed by atoms with Gasteiger partial charge in [0.2, 0.25) is 0 Å². The number of nitrogen functional groups attached to an aromatic ring is 2. The summed E-state index contributed by atoms with van der Waals surface area (Å²) in [5.74, 6) is 0.767. The van der Waals surface area contributed by atoms with E-state index in [-0.39, 0.29) is 0 Å². The highest BCUT2D eigenvalue weighted by molar-refractivity contribution is 7.09. The lowest BCUT2D eigenvalue weighted by molar-refractivity contribution is 0.323. The Morgan fingerprint density at radius 3 is 2.69 bits per heavy atom. The standard InChI is InChI=1S/C12H14N2OS/c13-11-4-3-9(8-12(11)14)15-6-5-10-2-1-7-16-10/h1-4,7-8H,5-6,13-14H2. The normalized spacial score (nSPS) is 10.2. The van der Waals surface area contributed by atoms with Crippen LogP contribution in [0.2, 0.25) is 0 Å². The number of benzene rings is 1. The number of anilines is 2. The average molecular weight is 234 g/mol. The topological polar surface area (TPSA) is 61.3 Å². The van der Waals surface area contributed by atoms with Crippen molar-refractivity contribution in [3.8, 4) is 5.75 Å². The minimum atomic E-state index is 0.564. The number of hydrogen-bond acceptors (Lipinski definition) is 4. The first-order chi connectivity index (χ1) is 7.75. The van der Waals surface area contributed by atoms with Crippen LogP contribution >= 0.6 is 11.3 Å². The van der Waals surface area contributed by atoms with E-state index in [2.05, 4.69) is 11.4 Å². The third-order valence-electron chi connectivity index (χ3n) is 2.26. The fourth-order valence-electron chi connectivity index (χ4n) is 1.37. The van der Waals surface area contributed by atoms with E-state index < -0.39 is 0 Å². The van der Waals surface area contributed by atoms with Crippen molar-refractivity contribution in [2.75, 3.05) is 18.1 Å². The molecule has 1 aromatic carbocycles. The molecule has 1 aromatic heterocycles. The second kappa shape index (κ2) is 4.90. The Morgan fingerprint density at radius 2 is 2.00 bits per heavy atom. The number of ether oxygens (including phenoxy) is 1. The molecule has 0 spiro atoms. The first-order valence-corrected chi connectivity index (χ1v) is 5.94. The van der Waals surface area contributed by atoms with Crippen LogP contribution in [0.15, 0.2) is 35.7 Å². The highest BCUT2D eigenvalue weighted by Gasteiger charge is 1.99. The van der Waals surface area contributed by atoms with Crippen molar-refractivity contribution in [1.82, 2.24) is 0 Å². The molecule has 0 unspecified atom stereocenters. The van der Waals surface area contributed by atoms with Crippen molar-refractivity contribution in [3.05, 3.63) is 40.6 Å². The van der Waals surface area contributed by atoms with Gasteiger partial charge in [-0.3, -0.25) is 0 Å². The molecule has 2 aromatic rings. The Balaban J connectivity index is 1.87. The van der Waals surface area contributed by atoms with Crippen LogP contribution in [0.4, 0.5) is 11.4 Å². The molecule has 84 valence electrons. The maximum Gasteiger partial charge on any atom is 0.121 e. The van der Waals surface area contributed by atoms with Gasteiger partial charge in [0.25, 0.3) is 0 Å². The molecule has 0 aliphatic heterocycles. The maximum atomic E-state index is 5.68. The molecule has 3 nitrogen and oxygen atoms in total. The van der Waals surface area contributed by atoms with Crippen molar-refractivity contribution in [2.24, 2.45) is 0 Å². The fourth-order valence-corrected chi connectivity index (χ4v) is 2.06. The summed E-state index contributed by atoms with van der Waals surface area (Å²) >= 11 is 1.74. The number of rotatable bonds is 4. The second-order valence-corrected chi connectivity index (χ2v) is 4.50. The van der Waals surface area contributed by atoms with Gasteiger partial charge in [0.1, 0.15) is 5.75 Å². The summed E-state index contributed by atoms with van der Waals surface area (Å²) in [4.78, 5) is 1.32. The van der Waals surface area contributed by atoms with Gasteiger partial charge in [-0.15, -0.1) is 11.3 Å². The predicted molar refractivity (Wildman–Crippen MR) is 68.8 cm³/mol. The van der Waals surface area contributed by atoms with Gasteiger partial charge in [-0.05, 0) is 23.6 Å². The first kappa shape index (κ1) is 10.8. The van der Waals surface area contributed by atoms with Gasteiger partial charge in [-0.1, -0.05) is 6.07 Å². The summed E-state index contributed by atoms with van der Waals surface area (Å²) in [7, 11) is 0. The maximum absolute atomic E-state index is 5.68. The first-order valence-electron chi connectivity index (χ1n) is 5.06. The molecule has 0 atom stereocenters. The molecule has 0 radical (unpaired) electrons. The van der Waals surface area contributed by atoms with Gasteiger partial charge in [-0.2, -0.15) is 0 Å². The number of nitrogens with two attached hydrogens (primary N) is 2. The van der Waals surface area contributed by atoms with Crippen molar-refractivity contribution in [3.63, 3.8) is 0 Å². The lowest BCUT2D eigenvalue weighted by Crippen LogP contribution is -2.01. The van der Waals surface area contributed by atoms with E-state index in [1.807, 2.05) is 12.1 Å². The summed E-state index contributed by atoms with van der Waals surface area (Å²) in [5.41, 5.74) is 12.5. The monoisotopic (exact) mass is 234 g/mol. The highest BCUT2D eigenvalue weighted by Crippen LogP contribution is 2.21. The van der Waals surface area contributed by atoms with E-state index in [0.717, 1.165) is 12.2 Å². The Labute approximate surface area is 98.7 Å². The van der Waals surface area contributed by atoms with Crippen LogP contribution < -0.4 is 16.2 Å². The quantitative estimate of drug-likeness (QED) is 0.799. The van der Waals surface area contributed by atoms with E-state index in [4.69, 9.17) is 16.2 Å². The molecule has 0 saturated heterocycles. The van der Waals surface area contributed by atoms with E-state index in [1.54, 1.807) is 23.5 Å². The second-order valence-electron chi connectivity index (χ2n) is 3.47. The average Bonchev–Trinajstić information content (AvgIpc) is 2.76. The van der Waals surface area contributed by atoms with Crippen LogP contribution in [-0.2, 0) is 6.42 Å². The SMILES string of the molecule is Nc1ccc(OCCc2cccs2)cc1N. The van der Waals surface area contributed by atoms with Crippen LogP contribution in [0.25, 0.3) is 0 Å². The van der Waals surface area contributed by atoms with Crippen molar-refractivity contribution >= 4 is 22.7 Å². The van der Waals surface area contributed by atoms with Gasteiger partial charge in [0.05, 0.1) is 18.0 Å². The highest BCUT2D eigenvalue weighted by atomic mass is 32.1. The minimum absolute atomic E-state index is 0.564. The number of thiophene rings is 1. The van der Waals surface area contributed by atoms with Crippen LogP contribution in [-0.4, -0.2) is 6.61 Å². The largest absolute Gasteiger partial charge is 0.493 e.